The van der Waals surface area contributed by atoms with Crippen molar-refractivity contribution in [1.29, 1.82) is 0 Å². The van der Waals surface area contributed by atoms with Gasteiger partial charge in [-0.2, -0.15) is 13.2 Å². The second-order valence-corrected chi connectivity index (χ2v) is 4.12. The van der Waals surface area contributed by atoms with E-state index >= 15 is 0 Å². The van der Waals surface area contributed by atoms with Crippen LogP contribution < -0.4 is 5.73 Å². The lowest BCUT2D eigenvalue weighted by Crippen LogP contribution is -2.20. The van der Waals surface area contributed by atoms with Crippen molar-refractivity contribution in [3.05, 3.63) is 29.3 Å². The molecule has 1 rings (SSSR count). The van der Waals surface area contributed by atoms with Crippen molar-refractivity contribution in [2.24, 2.45) is 0 Å². The standard InChI is InChI=1S/C11H15F3N2O/c1-16(2)6-10(17)7-3-4-9(15)8(5-7)11(12,13)14/h3-5,10,17H,6,15H2,1-2H3. The molecule has 1 atom stereocenters. The first kappa shape index (κ1) is 13.8. The van der Waals surface area contributed by atoms with Gasteiger partial charge in [0.15, 0.2) is 0 Å². The molecule has 0 radical (unpaired) electrons. The Bertz CT molecular complexity index is 391. The van der Waals surface area contributed by atoms with Crippen LogP contribution in [0.3, 0.4) is 0 Å². The Labute approximate surface area is 97.6 Å². The molecule has 0 spiro atoms. The highest BCUT2D eigenvalue weighted by atomic mass is 19.4. The number of nitrogens with zero attached hydrogens (tertiary/aromatic N) is 1. The van der Waals surface area contributed by atoms with Crippen molar-refractivity contribution in [3.63, 3.8) is 0 Å². The minimum atomic E-state index is -4.50. The van der Waals surface area contributed by atoms with Gasteiger partial charge in [0.2, 0.25) is 0 Å². The normalized spacial score (nSPS) is 14.1. The summed E-state index contributed by atoms with van der Waals surface area (Å²) in [5.41, 5.74) is 4.23. The molecule has 96 valence electrons. The summed E-state index contributed by atoms with van der Waals surface area (Å²) in [5, 5.41) is 9.72. The number of nitrogens with two attached hydrogens (primary N) is 1. The Kier molecular flexibility index (Phi) is 4.00. The van der Waals surface area contributed by atoms with Crippen molar-refractivity contribution in [2.75, 3.05) is 26.4 Å². The molecule has 17 heavy (non-hydrogen) atoms. The van der Waals surface area contributed by atoms with Crippen LogP contribution in [-0.2, 0) is 6.18 Å². The molecule has 6 heteroatoms. The van der Waals surface area contributed by atoms with Crippen molar-refractivity contribution in [1.82, 2.24) is 4.90 Å². The number of alkyl halides is 3. The second-order valence-electron chi connectivity index (χ2n) is 4.12. The summed E-state index contributed by atoms with van der Waals surface area (Å²) in [6.45, 7) is 0.251. The zero-order valence-electron chi connectivity index (χ0n) is 9.62. The molecule has 3 N–H and O–H groups in total. The first-order chi connectivity index (χ1) is 7.71. The fourth-order valence-electron chi connectivity index (χ4n) is 1.48. The van der Waals surface area contributed by atoms with Crippen LogP contribution >= 0.6 is 0 Å². The Balaban J connectivity index is 3.04. The molecule has 0 fully saturated rings. The van der Waals surface area contributed by atoms with Crippen LogP contribution in [-0.4, -0.2) is 30.6 Å². The average molecular weight is 248 g/mol. The number of hydrogen-bond acceptors (Lipinski definition) is 3. The van der Waals surface area contributed by atoms with Crippen LogP contribution in [0.2, 0.25) is 0 Å². The maximum absolute atomic E-state index is 12.6. The summed E-state index contributed by atoms with van der Waals surface area (Å²) < 4.78 is 37.7. The molecule has 0 saturated carbocycles. The third-order valence-corrected chi connectivity index (χ3v) is 2.31. The molecule has 0 aliphatic heterocycles. The number of likely N-dealkylation sites (N-methyl/N-ethyl adjacent to an activating group) is 1. The van der Waals surface area contributed by atoms with Crippen molar-refractivity contribution in [2.45, 2.75) is 12.3 Å². The zero-order chi connectivity index (χ0) is 13.2. The molecule has 0 aliphatic carbocycles. The van der Waals surface area contributed by atoms with Gasteiger partial charge in [0.05, 0.1) is 11.7 Å². The number of anilines is 1. The monoisotopic (exact) mass is 248 g/mol. The van der Waals surface area contributed by atoms with E-state index < -0.39 is 17.8 Å². The summed E-state index contributed by atoms with van der Waals surface area (Å²) >= 11 is 0. The highest BCUT2D eigenvalue weighted by molar-refractivity contribution is 5.50. The molecule has 0 bridgehead atoms. The van der Waals surface area contributed by atoms with E-state index in [9.17, 15) is 18.3 Å². The van der Waals surface area contributed by atoms with Crippen LogP contribution in [0.25, 0.3) is 0 Å². The molecule has 0 amide bonds. The second kappa shape index (κ2) is 4.93. The number of rotatable bonds is 3. The fourth-order valence-corrected chi connectivity index (χ4v) is 1.48. The van der Waals surface area contributed by atoms with Crippen molar-refractivity contribution >= 4 is 5.69 Å². The summed E-state index contributed by atoms with van der Waals surface area (Å²) in [5.74, 6) is 0. The van der Waals surface area contributed by atoms with E-state index in [0.717, 1.165) is 12.1 Å². The number of hydrogen-bond donors (Lipinski definition) is 2. The molecular weight excluding hydrogens is 233 g/mol. The largest absolute Gasteiger partial charge is 0.418 e. The summed E-state index contributed by atoms with van der Waals surface area (Å²) in [7, 11) is 3.45. The molecule has 0 saturated heterocycles. The number of nitrogen functional groups attached to an aromatic ring is 1. The van der Waals surface area contributed by atoms with Gasteiger partial charge in [-0.15, -0.1) is 0 Å². The van der Waals surface area contributed by atoms with Gasteiger partial charge in [-0.3, -0.25) is 0 Å². The predicted molar refractivity (Wildman–Crippen MR) is 59.4 cm³/mol. The van der Waals surface area contributed by atoms with Crippen LogP contribution in [0.4, 0.5) is 18.9 Å². The summed E-state index contributed by atoms with van der Waals surface area (Å²) in [6.07, 6.45) is -5.47. The topological polar surface area (TPSA) is 49.5 Å². The summed E-state index contributed by atoms with van der Waals surface area (Å²) in [6, 6.07) is 3.46. The lowest BCUT2D eigenvalue weighted by molar-refractivity contribution is -0.137. The van der Waals surface area contributed by atoms with Gasteiger partial charge < -0.3 is 15.7 Å². The van der Waals surface area contributed by atoms with Gasteiger partial charge in [0.1, 0.15) is 0 Å². The molecule has 0 heterocycles. The number of aliphatic hydroxyl groups excluding tert-OH is 1. The Morgan fingerprint density at radius 1 is 1.35 bits per heavy atom. The SMILES string of the molecule is CN(C)CC(O)c1ccc(N)c(C(F)(F)F)c1. The summed E-state index contributed by atoms with van der Waals surface area (Å²) in [4.78, 5) is 1.69. The van der Waals surface area contributed by atoms with Crippen LogP contribution in [0.5, 0.6) is 0 Å². The third kappa shape index (κ3) is 3.61. The fraction of sp³-hybridized carbons (Fsp3) is 0.455. The van der Waals surface area contributed by atoms with E-state index in [1.807, 2.05) is 0 Å². The first-order valence-corrected chi connectivity index (χ1v) is 5.01. The van der Waals surface area contributed by atoms with E-state index in [1.165, 1.54) is 6.07 Å². The molecular formula is C11H15F3N2O. The Hall–Kier alpha value is -1.27. The van der Waals surface area contributed by atoms with Gasteiger partial charge in [0, 0.05) is 12.2 Å². The van der Waals surface area contributed by atoms with Crippen LogP contribution in [0.1, 0.15) is 17.2 Å². The maximum Gasteiger partial charge on any atom is 0.418 e. The predicted octanol–water partition coefficient (Wildman–Crippen LogP) is 1.88. The van der Waals surface area contributed by atoms with E-state index in [4.69, 9.17) is 5.73 Å². The minimum Gasteiger partial charge on any atom is -0.398 e. The van der Waals surface area contributed by atoms with Gasteiger partial charge >= 0.3 is 6.18 Å². The molecule has 1 aromatic carbocycles. The van der Waals surface area contributed by atoms with E-state index in [-0.39, 0.29) is 17.8 Å². The molecule has 1 unspecified atom stereocenters. The van der Waals surface area contributed by atoms with Crippen LogP contribution in [0.15, 0.2) is 18.2 Å². The number of benzene rings is 1. The minimum absolute atomic E-state index is 0.209. The molecule has 1 aromatic rings. The quantitative estimate of drug-likeness (QED) is 0.803. The van der Waals surface area contributed by atoms with E-state index in [2.05, 4.69) is 0 Å². The lowest BCUT2D eigenvalue weighted by Gasteiger charge is -2.18. The maximum atomic E-state index is 12.6. The average Bonchev–Trinajstić information content (AvgIpc) is 2.15. The number of halogens is 3. The van der Waals surface area contributed by atoms with Gasteiger partial charge in [-0.05, 0) is 31.8 Å². The van der Waals surface area contributed by atoms with Crippen molar-refractivity contribution < 1.29 is 18.3 Å². The lowest BCUT2D eigenvalue weighted by atomic mass is 10.0. The van der Waals surface area contributed by atoms with Gasteiger partial charge in [0.25, 0.3) is 0 Å². The molecule has 0 aliphatic rings. The molecule has 3 nitrogen and oxygen atoms in total. The van der Waals surface area contributed by atoms with E-state index in [0.29, 0.717) is 0 Å². The zero-order valence-corrected chi connectivity index (χ0v) is 9.62. The Morgan fingerprint density at radius 2 is 1.94 bits per heavy atom. The van der Waals surface area contributed by atoms with Gasteiger partial charge in [-0.25, -0.2) is 0 Å². The van der Waals surface area contributed by atoms with Gasteiger partial charge in [-0.1, -0.05) is 6.07 Å². The van der Waals surface area contributed by atoms with E-state index in [1.54, 1.807) is 19.0 Å². The first-order valence-electron chi connectivity index (χ1n) is 5.01. The highest BCUT2D eigenvalue weighted by Gasteiger charge is 2.33. The van der Waals surface area contributed by atoms with Crippen molar-refractivity contribution in [3.8, 4) is 0 Å². The third-order valence-electron chi connectivity index (χ3n) is 2.31. The highest BCUT2D eigenvalue weighted by Crippen LogP contribution is 2.35. The smallest absolute Gasteiger partial charge is 0.398 e. The van der Waals surface area contributed by atoms with Crippen LogP contribution in [0, 0.1) is 0 Å². The molecule has 0 aromatic heterocycles. The number of aliphatic hydroxyl groups is 1. The Morgan fingerprint density at radius 3 is 2.41 bits per heavy atom.